The van der Waals surface area contributed by atoms with Crippen molar-refractivity contribution in [2.75, 3.05) is 13.7 Å². The molecule has 0 spiro atoms. The van der Waals surface area contributed by atoms with E-state index in [0.717, 1.165) is 19.4 Å². The van der Waals surface area contributed by atoms with Crippen molar-refractivity contribution in [3.8, 4) is 0 Å². The van der Waals surface area contributed by atoms with Gasteiger partial charge in [-0.1, -0.05) is 6.92 Å². The van der Waals surface area contributed by atoms with Gasteiger partial charge in [-0.25, -0.2) is 0 Å². The number of ether oxygens (including phenoxy) is 1. The predicted octanol–water partition coefficient (Wildman–Crippen LogP) is 1.52. The molecule has 0 rings (SSSR count). The second-order valence-corrected chi connectivity index (χ2v) is 2.85. The fourth-order valence-electron chi connectivity index (χ4n) is 0.970. The quantitative estimate of drug-likeness (QED) is 0.640. The lowest BCUT2D eigenvalue weighted by molar-refractivity contribution is -0.137. The van der Waals surface area contributed by atoms with Crippen LogP contribution in [0.15, 0.2) is 0 Å². The maximum Gasteiger partial charge on any atom is 0.303 e. The number of hydrogen-bond acceptors (Lipinski definition) is 2. The molecule has 0 fully saturated rings. The Morgan fingerprint density at radius 3 is 2.73 bits per heavy atom. The number of carboxylic acid groups (broad SMARTS) is 1. The molecule has 66 valence electrons. The second-order valence-electron chi connectivity index (χ2n) is 2.85. The lowest BCUT2D eigenvalue weighted by atomic mass is 10.1. The molecule has 3 nitrogen and oxygen atoms in total. The molecular formula is C8H16O3. The molecule has 0 heterocycles. The minimum Gasteiger partial charge on any atom is -0.481 e. The van der Waals surface area contributed by atoms with Crippen LogP contribution in [0.5, 0.6) is 0 Å². The number of carbonyl (C=O) groups is 1. The Morgan fingerprint density at radius 2 is 2.27 bits per heavy atom. The molecule has 1 atom stereocenters. The van der Waals surface area contributed by atoms with Gasteiger partial charge in [-0.2, -0.15) is 0 Å². The summed E-state index contributed by atoms with van der Waals surface area (Å²) < 4.78 is 4.91. The van der Waals surface area contributed by atoms with E-state index in [-0.39, 0.29) is 6.42 Å². The van der Waals surface area contributed by atoms with Crippen LogP contribution in [0, 0.1) is 5.92 Å². The van der Waals surface area contributed by atoms with E-state index in [1.165, 1.54) is 0 Å². The Morgan fingerprint density at radius 1 is 1.64 bits per heavy atom. The van der Waals surface area contributed by atoms with E-state index in [0.29, 0.717) is 5.92 Å². The zero-order valence-corrected chi connectivity index (χ0v) is 7.17. The largest absolute Gasteiger partial charge is 0.481 e. The summed E-state index contributed by atoms with van der Waals surface area (Å²) in [4.78, 5) is 10.1. The van der Waals surface area contributed by atoms with Crippen LogP contribution in [0.1, 0.15) is 26.2 Å². The third-order valence-electron chi connectivity index (χ3n) is 1.54. The molecule has 0 aliphatic carbocycles. The molecule has 0 aromatic heterocycles. The normalized spacial score (nSPS) is 12.9. The van der Waals surface area contributed by atoms with Crippen molar-refractivity contribution in [3.63, 3.8) is 0 Å². The van der Waals surface area contributed by atoms with Gasteiger partial charge in [0.25, 0.3) is 0 Å². The fraction of sp³-hybridized carbons (Fsp3) is 0.875. The first kappa shape index (κ1) is 10.4. The van der Waals surface area contributed by atoms with Crippen LogP contribution in [0.25, 0.3) is 0 Å². The van der Waals surface area contributed by atoms with Crippen molar-refractivity contribution in [1.82, 2.24) is 0 Å². The van der Waals surface area contributed by atoms with Gasteiger partial charge in [0.2, 0.25) is 0 Å². The standard InChI is InChI=1S/C8H16O3/c1-7(6-11-2)4-3-5-8(9)10/h7H,3-6H2,1-2H3,(H,9,10). The maximum absolute atomic E-state index is 10.1. The zero-order chi connectivity index (χ0) is 8.69. The van der Waals surface area contributed by atoms with Gasteiger partial charge in [-0.05, 0) is 18.8 Å². The third kappa shape index (κ3) is 7.33. The summed E-state index contributed by atoms with van der Waals surface area (Å²) in [5, 5.41) is 8.33. The van der Waals surface area contributed by atoms with Crippen molar-refractivity contribution in [1.29, 1.82) is 0 Å². The Kier molecular flexibility index (Phi) is 5.84. The van der Waals surface area contributed by atoms with Gasteiger partial charge >= 0.3 is 5.97 Å². The molecule has 1 unspecified atom stereocenters. The van der Waals surface area contributed by atoms with Gasteiger partial charge in [-0.15, -0.1) is 0 Å². The summed E-state index contributed by atoms with van der Waals surface area (Å²) in [6, 6.07) is 0. The summed E-state index contributed by atoms with van der Waals surface area (Å²) in [6.45, 7) is 2.78. The van der Waals surface area contributed by atoms with Gasteiger partial charge in [0, 0.05) is 20.1 Å². The number of aliphatic carboxylic acids is 1. The molecule has 0 radical (unpaired) electrons. The minimum absolute atomic E-state index is 0.272. The molecule has 0 aromatic carbocycles. The van der Waals surface area contributed by atoms with Crippen molar-refractivity contribution in [2.45, 2.75) is 26.2 Å². The first-order valence-corrected chi connectivity index (χ1v) is 3.87. The summed E-state index contributed by atoms with van der Waals surface area (Å²) in [5.74, 6) is -0.242. The SMILES string of the molecule is COCC(C)CCCC(=O)O. The van der Waals surface area contributed by atoms with Gasteiger partial charge in [0.15, 0.2) is 0 Å². The lowest BCUT2D eigenvalue weighted by Crippen LogP contribution is -2.04. The topological polar surface area (TPSA) is 46.5 Å². The van der Waals surface area contributed by atoms with Gasteiger partial charge in [0.1, 0.15) is 0 Å². The van der Waals surface area contributed by atoms with E-state index >= 15 is 0 Å². The molecule has 0 saturated heterocycles. The van der Waals surface area contributed by atoms with Gasteiger partial charge in [0.05, 0.1) is 0 Å². The van der Waals surface area contributed by atoms with Crippen LogP contribution >= 0.6 is 0 Å². The fourth-order valence-corrected chi connectivity index (χ4v) is 0.970. The summed E-state index contributed by atoms with van der Waals surface area (Å²) >= 11 is 0. The highest BCUT2D eigenvalue weighted by Crippen LogP contribution is 2.07. The minimum atomic E-state index is -0.713. The van der Waals surface area contributed by atoms with Crippen LogP contribution in [-0.4, -0.2) is 24.8 Å². The molecule has 0 aromatic rings. The Hall–Kier alpha value is -0.570. The second kappa shape index (κ2) is 6.16. The first-order chi connectivity index (χ1) is 5.16. The van der Waals surface area contributed by atoms with Crippen molar-refractivity contribution in [2.24, 2.45) is 5.92 Å². The van der Waals surface area contributed by atoms with E-state index in [1.54, 1.807) is 7.11 Å². The highest BCUT2D eigenvalue weighted by atomic mass is 16.5. The maximum atomic E-state index is 10.1. The van der Waals surface area contributed by atoms with Crippen LogP contribution in [-0.2, 0) is 9.53 Å². The average Bonchev–Trinajstić information content (AvgIpc) is 1.87. The Labute approximate surface area is 67.4 Å². The van der Waals surface area contributed by atoms with Gasteiger partial charge in [-0.3, -0.25) is 4.79 Å². The van der Waals surface area contributed by atoms with Crippen molar-refractivity contribution >= 4 is 5.97 Å². The van der Waals surface area contributed by atoms with Crippen molar-refractivity contribution in [3.05, 3.63) is 0 Å². The number of carboxylic acids is 1. The van der Waals surface area contributed by atoms with E-state index in [1.807, 2.05) is 0 Å². The molecule has 11 heavy (non-hydrogen) atoms. The van der Waals surface area contributed by atoms with Crippen LogP contribution in [0.3, 0.4) is 0 Å². The van der Waals surface area contributed by atoms with E-state index < -0.39 is 5.97 Å². The average molecular weight is 160 g/mol. The van der Waals surface area contributed by atoms with E-state index in [2.05, 4.69) is 6.92 Å². The Balaban J connectivity index is 3.16. The number of hydrogen-bond donors (Lipinski definition) is 1. The number of rotatable bonds is 6. The monoisotopic (exact) mass is 160 g/mol. The lowest BCUT2D eigenvalue weighted by Gasteiger charge is -2.07. The third-order valence-corrected chi connectivity index (χ3v) is 1.54. The van der Waals surface area contributed by atoms with Crippen LogP contribution in [0.4, 0.5) is 0 Å². The molecule has 0 bridgehead atoms. The predicted molar refractivity (Wildman–Crippen MR) is 42.5 cm³/mol. The molecule has 0 saturated carbocycles. The highest BCUT2D eigenvalue weighted by Gasteiger charge is 2.02. The zero-order valence-electron chi connectivity index (χ0n) is 7.17. The van der Waals surface area contributed by atoms with E-state index in [9.17, 15) is 4.79 Å². The summed E-state index contributed by atoms with van der Waals surface area (Å²) in [7, 11) is 1.66. The first-order valence-electron chi connectivity index (χ1n) is 3.87. The van der Waals surface area contributed by atoms with Gasteiger partial charge < -0.3 is 9.84 Å². The van der Waals surface area contributed by atoms with Crippen LogP contribution in [0.2, 0.25) is 0 Å². The summed E-state index contributed by atoms with van der Waals surface area (Å²) in [6.07, 6.45) is 1.95. The number of methoxy groups -OCH3 is 1. The summed E-state index contributed by atoms with van der Waals surface area (Å²) in [5.41, 5.74) is 0. The molecule has 0 aliphatic heterocycles. The van der Waals surface area contributed by atoms with E-state index in [4.69, 9.17) is 9.84 Å². The highest BCUT2D eigenvalue weighted by molar-refractivity contribution is 5.66. The molecule has 1 N–H and O–H groups in total. The molecule has 0 aliphatic rings. The van der Waals surface area contributed by atoms with Crippen LogP contribution < -0.4 is 0 Å². The smallest absolute Gasteiger partial charge is 0.303 e. The molecular weight excluding hydrogens is 144 g/mol. The molecule has 3 heteroatoms. The molecule has 0 amide bonds. The van der Waals surface area contributed by atoms with Crippen molar-refractivity contribution < 1.29 is 14.6 Å². The Bertz CT molecular complexity index is 112.